The van der Waals surface area contributed by atoms with Crippen molar-refractivity contribution in [3.05, 3.63) is 34.3 Å². The molecule has 0 saturated heterocycles. The third-order valence-corrected chi connectivity index (χ3v) is 3.02. The smallest absolute Gasteiger partial charge is 0.251 e. The summed E-state index contributed by atoms with van der Waals surface area (Å²) in [6.45, 7) is 3.12. The third kappa shape index (κ3) is 6.38. The normalized spacial score (nSPS) is 10.0. The number of hydrogen-bond donors (Lipinski definition) is 2. The van der Waals surface area contributed by atoms with Crippen LogP contribution in [-0.4, -0.2) is 24.9 Å². The van der Waals surface area contributed by atoms with Crippen LogP contribution in [0.4, 0.5) is 0 Å². The van der Waals surface area contributed by atoms with Crippen molar-refractivity contribution in [1.82, 2.24) is 10.6 Å². The predicted octanol–water partition coefficient (Wildman–Crippen LogP) is 2.49. The summed E-state index contributed by atoms with van der Waals surface area (Å²) in [4.78, 5) is 23.0. The lowest BCUT2D eigenvalue weighted by atomic mass is 10.2. The van der Waals surface area contributed by atoms with E-state index in [2.05, 4.69) is 26.6 Å². The minimum Gasteiger partial charge on any atom is -0.356 e. The molecule has 1 rings (SSSR count). The average Bonchev–Trinajstić information content (AvgIpc) is 2.38. The maximum absolute atomic E-state index is 11.8. The van der Waals surface area contributed by atoms with E-state index in [-0.39, 0.29) is 11.8 Å². The number of halogens is 1. The van der Waals surface area contributed by atoms with E-state index in [4.69, 9.17) is 0 Å². The Hall–Kier alpha value is -1.36. The van der Waals surface area contributed by atoms with Gasteiger partial charge in [0.25, 0.3) is 5.91 Å². The quantitative estimate of drug-likeness (QED) is 0.756. The molecule has 0 aliphatic carbocycles. The van der Waals surface area contributed by atoms with Crippen molar-refractivity contribution in [3.63, 3.8) is 0 Å². The molecule has 5 heteroatoms. The van der Waals surface area contributed by atoms with Crippen LogP contribution in [0.3, 0.4) is 0 Å². The van der Waals surface area contributed by atoms with Gasteiger partial charge in [0, 0.05) is 29.5 Å². The summed E-state index contributed by atoms with van der Waals surface area (Å²) in [6, 6.07) is 7.24. The summed E-state index contributed by atoms with van der Waals surface area (Å²) in [7, 11) is 0. The minimum absolute atomic E-state index is 0.0702. The Labute approximate surface area is 122 Å². The van der Waals surface area contributed by atoms with Crippen LogP contribution in [0.25, 0.3) is 0 Å². The number of amides is 2. The van der Waals surface area contributed by atoms with Crippen molar-refractivity contribution in [2.45, 2.75) is 26.2 Å². The van der Waals surface area contributed by atoms with Crippen molar-refractivity contribution in [2.24, 2.45) is 0 Å². The first-order valence-electron chi connectivity index (χ1n) is 6.44. The fourth-order valence-corrected chi connectivity index (χ4v) is 1.96. The number of carbonyl (C=O) groups excluding carboxylic acids is 2. The molecular formula is C14H19BrN2O2. The first kappa shape index (κ1) is 15.7. The second kappa shape index (κ2) is 8.69. The molecule has 2 N–H and O–H groups in total. The highest BCUT2D eigenvalue weighted by molar-refractivity contribution is 9.10. The molecule has 0 bridgehead atoms. The molecule has 0 atom stereocenters. The molecular weight excluding hydrogens is 308 g/mol. The van der Waals surface area contributed by atoms with Crippen LogP contribution in [0.5, 0.6) is 0 Å². The molecule has 0 fully saturated rings. The van der Waals surface area contributed by atoms with Crippen LogP contribution in [0.1, 0.15) is 36.5 Å². The van der Waals surface area contributed by atoms with Crippen LogP contribution in [0.15, 0.2) is 28.7 Å². The van der Waals surface area contributed by atoms with Crippen LogP contribution in [-0.2, 0) is 4.79 Å². The maximum Gasteiger partial charge on any atom is 0.251 e. The van der Waals surface area contributed by atoms with E-state index in [9.17, 15) is 9.59 Å². The fraction of sp³-hybridized carbons (Fsp3) is 0.429. The summed E-state index contributed by atoms with van der Waals surface area (Å²) in [5.74, 6) is -0.0259. The molecule has 0 unspecified atom stereocenters. The fourth-order valence-electron chi connectivity index (χ4n) is 1.57. The van der Waals surface area contributed by atoms with E-state index in [0.717, 1.165) is 17.3 Å². The van der Waals surface area contributed by atoms with Gasteiger partial charge >= 0.3 is 0 Å². The van der Waals surface area contributed by atoms with E-state index < -0.39 is 0 Å². The molecule has 0 saturated carbocycles. The van der Waals surface area contributed by atoms with Crippen LogP contribution >= 0.6 is 15.9 Å². The molecule has 0 spiro atoms. The summed E-state index contributed by atoms with van der Waals surface area (Å²) in [5.41, 5.74) is 0.629. The molecule has 2 amide bonds. The lowest BCUT2D eigenvalue weighted by molar-refractivity contribution is -0.121. The van der Waals surface area contributed by atoms with Gasteiger partial charge in [-0.25, -0.2) is 0 Å². The van der Waals surface area contributed by atoms with Gasteiger partial charge in [-0.1, -0.05) is 28.9 Å². The van der Waals surface area contributed by atoms with E-state index in [1.54, 1.807) is 12.1 Å². The zero-order chi connectivity index (χ0) is 14.1. The highest BCUT2D eigenvalue weighted by atomic mass is 79.9. The van der Waals surface area contributed by atoms with Crippen molar-refractivity contribution in [2.75, 3.05) is 13.1 Å². The topological polar surface area (TPSA) is 58.2 Å². The highest BCUT2D eigenvalue weighted by Gasteiger charge is 2.04. The first-order valence-corrected chi connectivity index (χ1v) is 7.23. The van der Waals surface area contributed by atoms with Crippen molar-refractivity contribution >= 4 is 27.7 Å². The molecule has 1 aromatic rings. The van der Waals surface area contributed by atoms with E-state index in [1.165, 1.54) is 0 Å². The largest absolute Gasteiger partial charge is 0.356 e. The maximum atomic E-state index is 11.8. The zero-order valence-corrected chi connectivity index (χ0v) is 12.6. The monoisotopic (exact) mass is 326 g/mol. The molecule has 0 aromatic heterocycles. The van der Waals surface area contributed by atoms with Crippen LogP contribution in [0.2, 0.25) is 0 Å². The van der Waals surface area contributed by atoms with Crippen LogP contribution in [0, 0.1) is 0 Å². The minimum atomic E-state index is -0.0961. The Morgan fingerprint density at radius 2 is 1.95 bits per heavy atom. The Bertz CT molecular complexity index is 435. The Kier molecular flexibility index (Phi) is 7.18. The van der Waals surface area contributed by atoms with Gasteiger partial charge in [0.15, 0.2) is 0 Å². The molecule has 0 heterocycles. The van der Waals surface area contributed by atoms with Gasteiger partial charge in [0.1, 0.15) is 0 Å². The number of rotatable bonds is 7. The third-order valence-electron chi connectivity index (χ3n) is 2.53. The molecule has 0 radical (unpaired) electrons. The summed E-state index contributed by atoms with van der Waals surface area (Å²) < 4.78 is 0.881. The Morgan fingerprint density at radius 1 is 1.21 bits per heavy atom. The second-order valence-corrected chi connectivity index (χ2v) is 5.14. The van der Waals surface area contributed by atoms with Gasteiger partial charge in [-0.3, -0.25) is 9.59 Å². The summed E-state index contributed by atoms with van der Waals surface area (Å²) in [6.07, 6.45) is 2.14. The van der Waals surface area contributed by atoms with E-state index >= 15 is 0 Å². The highest BCUT2D eigenvalue weighted by Crippen LogP contribution is 2.11. The first-order chi connectivity index (χ1) is 9.13. The molecule has 4 nitrogen and oxygen atoms in total. The van der Waals surface area contributed by atoms with Crippen molar-refractivity contribution in [3.8, 4) is 0 Å². The van der Waals surface area contributed by atoms with Crippen molar-refractivity contribution < 1.29 is 9.59 Å². The van der Waals surface area contributed by atoms with Gasteiger partial charge in [-0.15, -0.1) is 0 Å². The summed E-state index contributed by atoms with van der Waals surface area (Å²) >= 11 is 3.33. The lowest BCUT2D eigenvalue weighted by Gasteiger charge is -2.06. The standard InChI is InChI=1S/C14H19BrN2O2/c1-2-5-13(18)16-8-4-9-17-14(19)11-6-3-7-12(15)10-11/h3,6-7,10H,2,4-5,8-9H2,1H3,(H,16,18)(H,17,19). The predicted molar refractivity (Wildman–Crippen MR) is 79.0 cm³/mol. The van der Waals surface area contributed by atoms with Gasteiger partial charge in [-0.05, 0) is 31.0 Å². The molecule has 104 valence electrons. The Morgan fingerprint density at radius 3 is 2.63 bits per heavy atom. The molecule has 0 aliphatic heterocycles. The SMILES string of the molecule is CCCC(=O)NCCCNC(=O)c1cccc(Br)c1. The van der Waals surface area contributed by atoms with Gasteiger partial charge in [0.05, 0.1) is 0 Å². The molecule has 0 aliphatic rings. The lowest BCUT2D eigenvalue weighted by Crippen LogP contribution is -2.29. The number of carbonyl (C=O) groups is 2. The number of nitrogens with one attached hydrogen (secondary N) is 2. The molecule has 1 aromatic carbocycles. The van der Waals surface area contributed by atoms with Gasteiger partial charge < -0.3 is 10.6 Å². The summed E-state index contributed by atoms with van der Waals surface area (Å²) in [5, 5.41) is 5.63. The number of benzene rings is 1. The average molecular weight is 327 g/mol. The van der Waals surface area contributed by atoms with Crippen molar-refractivity contribution in [1.29, 1.82) is 0 Å². The van der Waals surface area contributed by atoms with E-state index in [1.807, 2.05) is 19.1 Å². The molecule has 19 heavy (non-hydrogen) atoms. The van der Waals surface area contributed by atoms with E-state index in [0.29, 0.717) is 25.1 Å². The number of hydrogen-bond acceptors (Lipinski definition) is 2. The zero-order valence-electron chi connectivity index (χ0n) is 11.0. The van der Waals surface area contributed by atoms with Gasteiger partial charge in [0.2, 0.25) is 5.91 Å². The Balaban J connectivity index is 2.19. The second-order valence-electron chi connectivity index (χ2n) is 4.22. The van der Waals surface area contributed by atoms with Gasteiger partial charge in [-0.2, -0.15) is 0 Å². The van der Waals surface area contributed by atoms with Crippen LogP contribution < -0.4 is 10.6 Å².